The molecule has 0 aromatic carbocycles. The fraction of sp³-hybridized carbons (Fsp3) is 0.600. The van der Waals surface area contributed by atoms with E-state index in [9.17, 15) is 0 Å². The second kappa shape index (κ2) is 4.21. The zero-order valence-corrected chi connectivity index (χ0v) is 10.7. The molecule has 0 spiro atoms. The molecule has 0 N–H and O–H groups in total. The molecule has 1 heterocycles. The second-order valence-electron chi connectivity index (χ2n) is 5.41. The van der Waals surface area contributed by atoms with E-state index in [1.807, 2.05) is 0 Å². The van der Waals surface area contributed by atoms with E-state index in [0.29, 0.717) is 11.8 Å². The quantitative estimate of drug-likeness (QED) is 0.642. The second-order valence-corrected chi connectivity index (χ2v) is 5.41. The van der Waals surface area contributed by atoms with Gasteiger partial charge in [-0.05, 0) is 18.4 Å². The molecule has 16 heavy (non-hydrogen) atoms. The number of ether oxygens (including phenoxy) is 1. The van der Waals surface area contributed by atoms with Gasteiger partial charge in [-0.3, -0.25) is 0 Å². The Morgan fingerprint density at radius 1 is 1.50 bits per heavy atom. The molecule has 0 aromatic heterocycles. The van der Waals surface area contributed by atoms with Crippen LogP contribution < -0.4 is 0 Å². The minimum Gasteiger partial charge on any atom is -0.373 e. The number of allylic oxidation sites excluding steroid dienone is 3. The van der Waals surface area contributed by atoms with Crippen LogP contribution in [0.15, 0.2) is 36.0 Å². The number of rotatable bonds is 2. The molecule has 3 atom stereocenters. The van der Waals surface area contributed by atoms with E-state index in [2.05, 4.69) is 58.1 Å². The molecule has 0 unspecified atom stereocenters. The summed E-state index contributed by atoms with van der Waals surface area (Å²) in [5.74, 6) is 1.15. The third-order valence-electron chi connectivity index (χ3n) is 3.93. The first-order valence-electron chi connectivity index (χ1n) is 6.23. The summed E-state index contributed by atoms with van der Waals surface area (Å²) in [6.45, 7) is 9.71. The summed E-state index contributed by atoms with van der Waals surface area (Å²) in [4.78, 5) is 0. The third kappa shape index (κ3) is 1.78. The Hall–Kier alpha value is -0.820. The summed E-state index contributed by atoms with van der Waals surface area (Å²) in [5.41, 5.74) is 1.61. The van der Waals surface area contributed by atoms with Crippen molar-refractivity contribution in [2.45, 2.75) is 33.8 Å². The Bertz CT molecular complexity index is 348. The standard InChI is InChI=1S/C15H22O/c1-5-6-14-15(4)8-7-12(11(2)3)9-13(15)10-16-14/h5-9,11,13-14H,10H2,1-4H3/b6-5+/t13-,14-,15-/m1/s1. The zero-order valence-electron chi connectivity index (χ0n) is 10.7. The summed E-state index contributed by atoms with van der Waals surface area (Å²) in [6, 6.07) is 0. The summed E-state index contributed by atoms with van der Waals surface area (Å²) < 4.78 is 5.89. The Labute approximate surface area is 98.9 Å². The summed E-state index contributed by atoms with van der Waals surface area (Å²) in [5, 5.41) is 0. The molecule has 2 aliphatic rings. The summed E-state index contributed by atoms with van der Waals surface area (Å²) in [6.07, 6.45) is 11.6. The van der Waals surface area contributed by atoms with Gasteiger partial charge in [-0.25, -0.2) is 0 Å². The van der Waals surface area contributed by atoms with Gasteiger partial charge in [0.25, 0.3) is 0 Å². The molecule has 0 saturated carbocycles. The van der Waals surface area contributed by atoms with Gasteiger partial charge in [-0.2, -0.15) is 0 Å². The average Bonchev–Trinajstić information content (AvgIpc) is 2.56. The van der Waals surface area contributed by atoms with Gasteiger partial charge in [-0.15, -0.1) is 0 Å². The highest BCUT2D eigenvalue weighted by atomic mass is 16.5. The van der Waals surface area contributed by atoms with Gasteiger partial charge >= 0.3 is 0 Å². The molecule has 88 valence electrons. The van der Waals surface area contributed by atoms with E-state index in [0.717, 1.165) is 6.61 Å². The van der Waals surface area contributed by atoms with Crippen LogP contribution in [0.1, 0.15) is 27.7 Å². The monoisotopic (exact) mass is 218 g/mol. The van der Waals surface area contributed by atoms with E-state index in [1.165, 1.54) is 5.57 Å². The third-order valence-corrected chi connectivity index (χ3v) is 3.93. The first kappa shape index (κ1) is 11.7. The van der Waals surface area contributed by atoms with E-state index in [4.69, 9.17) is 4.74 Å². The Morgan fingerprint density at radius 3 is 2.88 bits per heavy atom. The lowest BCUT2D eigenvalue weighted by molar-refractivity contribution is 0.113. The maximum absolute atomic E-state index is 5.89. The van der Waals surface area contributed by atoms with Gasteiger partial charge in [0.2, 0.25) is 0 Å². The average molecular weight is 218 g/mol. The lowest BCUT2D eigenvalue weighted by Gasteiger charge is -2.32. The molecule has 1 nitrogen and oxygen atoms in total. The van der Waals surface area contributed by atoms with Crippen molar-refractivity contribution in [2.75, 3.05) is 6.61 Å². The minimum atomic E-state index is 0.158. The Balaban J connectivity index is 2.25. The predicted octanol–water partition coefficient (Wildman–Crippen LogP) is 3.74. The topological polar surface area (TPSA) is 9.23 Å². The van der Waals surface area contributed by atoms with Crippen molar-refractivity contribution < 1.29 is 4.74 Å². The number of hydrogen-bond acceptors (Lipinski definition) is 1. The van der Waals surface area contributed by atoms with Crippen molar-refractivity contribution in [1.82, 2.24) is 0 Å². The van der Waals surface area contributed by atoms with Crippen molar-refractivity contribution >= 4 is 0 Å². The number of fused-ring (bicyclic) bond motifs is 1. The number of hydrogen-bond donors (Lipinski definition) is 0. The van der Waals surface area contributed by atoms with Crippen LogP contribution in [0.5, 0.6) is 0 Å². The fourth-order valence-corrected chi connectivity index (χ4v) is 2.61. The normalized spacial score (nSPS) is 38.2. The van der Waals surface area contributed by atoms with E-state index >= 15 is 0 Å². The highest BCUT2D eigenvalue weighted by Crippen LogP contribution is 2.46. The Kier molecular flexibility index (Phi) is 3.07. The van der Waals surface area contributed by atoms with Crippen LogP contribution >= 0.6 is 0 Å². The van der Waals surface area contributed by atoms with E-state index in [1.54, 1.807) is 0 Å². The van der Waals surface area contributed by atoms with Crippen molar-refractivity contribution in [2.24, 2.45) is 17.3 Å². The van der Waals surface area contributed by atoms with Crippen LogP contribution in [0.25, 0.3) is 0 Å². The summed E-state index contributed by atoms with van der Waals surface area (Å²) >= 11 is 0. The highest BCUT2D eigenvalue weighted by molar-refractivity contribution is 5.33. The maximum Gasteiger partial charge on any atom is 0.0850 e. The molecule has 0 radical (unpaired) electrons. The smallest absolute Gasteiger partial charge is 0.0850 e. The molecule has 0 amide bonds. The van der Waals surface area contributed by atoms with Gasteiger partial charge in [-0.1, -0.05) is 51.2 Å². The van der Waals surface area contributed by atoms with Crippen LogP contribution in [0, 0.1) is 17.3 Å². The molecule has 1 aliphatic heterocycles. The summed E-state index contributed by atoms with van der Waals surface area (Å²) in [7, 11) is 0. The zero-order chi connectivity index (χ0) is 11.8. The van der Waals surface area contributed by atoms with E-state index < -0.39 is 0 Å². The van der Waals surface area contributed by atoms with Gasteiger partial charge < -0.3 is 4.74 Å². The Morgan fingerprint density at radius 2 is 2.25 bits per heavy atom. The van der Waals surface area contributed by atoms with Crippen molar-refractivity contribution in [3.63, 3.8) is 0 Å². The minimum absolute atomic E-state index is 0.158. The molecular formula is C15H22O. The van der Waals surface area contributed by atoms with Gasteiger partial charge in [0.05, 0.1) is 12.7 Å². The van der Waals surface area contributed by atoms with Crippen molar-refractivity contribution in [3.8, 4) is 0 Å². The highest BCUT2D eigenvalue weighted by Gasteiger charge is 2.45. The molecule has 0 bridgehead atoms. The fourth-order valence-electron chi connectivity index (χ4n) is 2.61. The SMILES string of the molecule is C/C=C/[C@H]1OC[C@H]2C=C(C(C)C)C=C[C@]21C. The molecule has 1 heteroatoms. The van der Waals surface area contributed by atoms with E-state index in [-0.39, 0.29) is 11.5 Å². The van der Waals surface area contributed by atoms with Crippen LogP contribution in [-0.2, 0) is 4.74 Å². The molecule has 1 aliphatic carbocycles. The maximum atomic E-state index is 5.89. The molecule has 1 fully saturated rings. The van der Waals surface area contributed by atoms with Crippen LogP contribution in [0.3, 0.4) is 0 Å². The van der Waals surface area contributed by atoms with Gasteiger partial charge in [0, 0.05) is 11.3 Å². The molecule has 2 rings (SSSR count). The first-order chi connectivity index (χ1) is 7.58. The lowest BCUT2D eigenvalue weighted by atomic mass is 9.70. The molecular weight excluding hydrogens is 196 g/mol. The predicted molar refractivity (Wildman–Crippen MR) is 68.2 cm³/mol. The molecule has 0 aromatic rings. The lowest BCUT2D eigenvalue weighted by Crippen LogP contribution is -2.31. The molecule has 1 saturated heterocycles. The largest absolute Gasteiger partial charge is 0.373 e. The van der Waals surface area contributed by atoms with Gasteiger partial charge in [0.1, 0.15) is 0 Å². The first-order valence-corrected chi connectivity index (χ1v) is 6.23. The van der Waals surface area contributed by atoms with Gasteiger partial charge in [0.15, 0.2) is 0 Å². The van der Waals surface area contributed by atoms with Crippen molar-refractivity contribution in [1.29, 1.82) is 0 Å². The van der Waals surface area contributed by atoms with Crippen LogP contribution in [0.2, 0.25) is 0 Å². The van der Waals surface area contributed by atoms with Crippen molar-refractivity contribution in [3.05, 3.63) is 36.0 Å². The van der Waals surface area contributed by atoms with Crippen LogP contribution in [0.4, 0.5) is 0 Å². The van der Waals surface area contributed by atoms with Crippen LogP contribution in [-0.4, -0.2) is 12.7 Å².